The van der Waals surface area contributed by atoms with E-state index >= 15 is 0 Å². The quantitative estimate of drug-likeness (QED) is 0.815. The minimum absolute atomic E-state index is 0.440. The molecular weight excluding hydrogens is 242 g/mol. The molecule has 0 heterocycles. The Morgan fingerprint density at radius 1 is 0.850 bits per heavy atom. The summed E-state index contributed by atoms with van der Waals surface area (Å²) in [5, 5.41) is 3.47. The van der Waals surface area contributed by atoms with Gasteiger partial charge in [0.25, 0.3) is 0 Å². The molecule has 106 valence electrons. The van der Waals surface area contributed by atoms with Crippen LogP contribution in [0.3, 0.4) is 0 Å². The molecule has 2 atom stereocenters. The maximum atomic E-state index is 3.47. The fraction of sp³-hybridized carbons (Fsp3) is 0.368. The molecule has 0 aliphatic carbocycles. The summed E-state index contributed by atoms with van der Waals surface area (Å²) in [6.07, 6.45) is 1.15. The molecule has 0 fully saturated rings. The zero-order valence-electron chi connectivity index (χ0n) is 12.7. The van der Waals surface area contributed by atoms with Gasteiger partial charge in [-0.25, -0.2) is 0 Å². The van der Waals surface area contributed by atoms with Crippen LogP contribution in [0.4, 0.5) is 0 Å². The molecule has 2 unspecified atom stereocenters. The predicted molar refractivity (Wildman–Crippen MR) is 87.0 cm³/mol. The number of benzene rings is 2. The van der Waals surface area contributed by atoms with Gasteiger partial charge >= 0.3 is 0 Å². The van der Waals surface area contributed by atoms with E-state index < -0.39 is 0 Å². The third-order valence-electron chi connectivity index (χ3n) is 4.29. The molecule has 0 amide bonds. The van der Waals surface area contributed by atoms with Gasteiger partial charge in [-0.15, -0.1) is 0 Å². The zero-order valence-corrected chi connectivity index (χ0v) is 12.7. The highest BCUT2D eigenvalue weighted by Gasteiger charge is 2.26. The SMILES string of the molecule is CCC(NC)C(C)C(c1ccccc1)c1ccccc1. The van der Waals surface area contributed by atoms with Gasteiger partial charge in [-0.3, -0.25) is 0 Å². The van der Waals surface area contributed by atoms with E-state index in [2.05, 4.69) is 86.9 Å². The normalized spacial score (nSPS) is 14.2. The van der Waals surface area contributed by atoms with Gasteiger partial charge in [-0.2, -0.15) is 0 Å². The Labute approximate surface area is 123 Å². The lowest BCUT2D eigenvalue weighted by Gasteiger charge is -2.31. The van der Waals surface area contributed by atoms with Gasteiger partial charge in [0.05, 0.1) is 0 Å². The van der Waals surface area contributed by atoms with E-state index in [0.29, 0.717) is 17.9 Å². The van der Waals surface area contributed by atoms with Gasteiger partial charge in [-0.05, 0) is 30.5 Å². The first kappa shape index (κ1) is 14.8. The summed E-state index contributed by atoms with van der Waals surface area (Å²) in [5.74, 6) is 0.990. The highest BCUT2D eigenvalue weighted by molar-refractivity contribution is 5.33. The molecule has 1 heteroatoms. The first-order chi connectivity index (χ1) is 9.77. The van der Waals surface area contributed by atoms with Gasteiger partial charge in [0.15, 0.2) is 0 Å². The van der Waals surface area contributed by atoms with Crippen LogP contribution in [-0.4, -0.2) is 13.1 Å². The molecule has 0 spiro atoms. The second-order valence-corrected chi connectivity index (χ2v) is 5.46. The molecule has 0 radical (unpaired) electrons. The topological polar surface area (TPSA) is 12.0 Å². The predicted octanol–water partition coefficient (Wildman–Crippen LogP) is 4.45. The lowest BCUT2D eigenvalue weighted by Crippen LogP contribution is -2.35. The Morgan fingerprint density at radius 2 is 1.30 bits per heavy atom. The number of rotatable bonds is 6. The van der Waals surface area contributed by atoms with Gasteiger partial charge in [0, 0.05) is 12.0 Å². The van der Waals surface area contributed by atoms with Crippen molar-refractivity contribution in [1.82, 2.24) is 5.32 Å². The maximum Gasteiger partial charge on any atom is 0.0130 e. The molecular formula is C19H25N. The van der Waals surface area contributed by atoms with E-state index in [1.54, 1.807) is 0 Å². The third kappa shape index (κ3) is 3.29. The molecule has 1 nitrogen and oxygen atoms in total. The van der Waals surface area contributed by atoms with Crippen LogP contribution in [0.25, 0.3) is 0 Å². The summed E-state index contributed by atoms with van der Waals surface area (Å²) in [5.41, 5.74) is 2.81. The van der Waals surface area contributed by atoms with Crippen molar-refractivity contribution in [2.24, 2.45) is 5.92 Å². The molecule has 0 bridgehead atoms. The smallest absolute Gasteiger partial charge is 0.0130 e. The second-order valence-electron chi connectivity index (χ2n) is 5.46. The standard InChI is InChI=1S/C19H25N/c1-4-18(20-3)15(2)19(16-11-7-5-8-12-16)17-13-9-6-10-14-17/h5-15,18-20H,4H2,1-3H3. The van der Waals surface area contributed by atoms with Crippen molar-refractivity contribution in [1.29, 1.82) is 0 Å². The molecule has 2 rings (SSSR count). The van der Waals surface area contributed by atoms with Crippen LogP contribution in [-0.2, 0) is 0 Å². The summed E-state index contributed by atoms with van der Waals surface area (Å²) in [4.78, 5) is 0. The average molecular weight is 267 g/mol. The minimum Gasteiger partial charge on any atom is -0.317 e. The van der Waals surface area contributed by atoms with Crippen LogP contribution >= 0.6 is 0 Å². The molecule has 1 N–H and O–H groups in total. The molecule has 0 saturated heterocycles. The van der Waals surface area contributed by atoms with Gasteiger partial charge < -0.3 is 5.32 Å². The number of hydrogen-bond acceptors (Lipinski definition) is 1. The summed E-state index contributed by atoms with van der Waals surface area (Å²) in [6, 6.07) is 22.2. The van der Waals surface area contributed by atoms with Crippen molar-refractivity contribution in [2.45, 2.75) is 32.2 Å². The van der Waals surface area contributed by atoms with E-state index in [-0.39, 0.29) is 0 Å². The van der Waals surface area contributed by atoms with Crippen molar-refractivity contribution in [3.05, 3.63) is 71.8 Å². The Morgan fingerprint density at radius 3 is 1.65 bits per heavy atom. The fourth-order valence-corrected chi connectivity index (χ4v) is 3.19. The Hall–Kier alpha value is -1.60. The van der Waals surface area contributed by atoms with E-state index in [0.717, 1.165) is 6.42 Å². The van der Waals surface area contributed by atoms with Crippen molar-refractivity contribution < 1.29 is 0 Å². The highest BCUT2D eigenvalue weighted by atomic mass is 14.9. The monoisotopic (exact) mass is 267 g/mol. The molecule has 2 aromatic carbocycles. The third-order valence-corrected chi connectivity index (χ3v) is 4.29. The van der Waals surface area contributed by atoms with Gasteiger partial charge in [-0.1, -0.05) is 74.5 Å². The van der Waals surface area contributed by atoms with Crippen LogP contribution in [0.5, 0.6) is 0 Å². The zero-order chi connectivity index (χ0) is 14.4. The minimum atomic E-state index is 0.440. The average Bonchev–Trinajstić information content (AvgIpc) is 2.51. The van der Waals surface area contributed by atoms with Crippen molar-refractivity contribution >= 4 is 0 Å². The first-order valence-electron chi connectivity index (χ1n) is 7.55. The maximum absolute atomic E-state index is 3.47. The van der Waals surface area contributed by atoms with E-state index in [4.69, 9.17) is 0 Å². The van der Waals surface area contributed by atoms with Gasteiger partial charge in [0.1, 0.15) is 0 Å². The molecule has 0 saturated carbocycles. The van der Waals surface area contributed by atoms with E-state index in [9.17, 15) is 0 Å². The van der Waals surface area contributed by atoms with Crippen LogP contribution in [0.15, 0.2) is 60.7 Å². The lowest BCUT2D eigenvalue weighted by molar-refractivity contribution is 0.356. The van der Waals surface area contributed by atoms with Crippen molar-refractivity contribution in [2.75, 3.05) is 7.05 Å². The van der Waals surface area contributed by atoms with Gasteiger partial charge in [0.2, 0.25) is 0 Å². The summed E-state index contributed by atoms with van der Waals surface area (Å²) in [7, 11) is 2.07. The van der Waals surface area contributed by atoms with E-state index in [1.807, 2.05) is 0 Å². The van der Waals surface area contributed by atoms with Crippen LogP contribution in [0, 0.1) is 5.92 Å². The summed E-state index contributed by atoms with van der Waals surface area (Å²) in [6.45, 7) is 4.61. The molecule has 0 aliphatic rings. The van der Waals surface area contributed by atoms with E-state index in [1.165, 1.54) is 11.1 Å². The van der Waals surface area contributed by atoms with Crippen molar-refractivity contribution in [3.63, 3.8) is 0 Å². The highest BCUT2D eigenvalue weighted by Crippen LogP contribution is 2.34. The molecule has 20 heavy (non-hydrogen) atoms. The first-order valence-corrected chi connectivity index (χ1v) is 7.55. The molecule has 0 aromatic heterocycles. The Kier molecular flexibility index (Phi) is 5.37. The molecule has 2 aromatic rings. The largest absolute Gasteiger partial charge is 0.317 e. The van der Waals surface area contributed by atoms with Crippen molar-refractivity contribution in [3.8, 4) is 0 Å². The Balaban J connectivity index is 2.40. The second kappa shape index (κ2) is 7.25. The fourth-order valence-electron chi connectivity index (χ4n) is 3.19. The Bertz CT molecular complexity index is 448. The molecule has 0 aliphatic heterocycles. The summed E-state index contributed by atoms with van der Waals surface area (Å²) >= 11 is 0. The number of nitrogens with one attached hydrogen (secondary N) is 1. The lowest BCUT2D eigenvalue weighted by atomic mass is 9.77. The summed E-state index contributed by atoms with van der Waals surface area (Å²) < 4.78 is 0. The number of hydrogen-bond donors (Lipinski definition) is 1. The van der Waals surface area contributed by atoms with Crippen LogP contribution < -0.4 is 5.32 Å². The van der Waals surface area contributed by atoms with Crippen LogP contribution in [0.2, 0.25) is 0 Å². The van der Waals surface area contributed by atoms with Crippen LogP contribution in [0.1, 0.15) is 37.3 Å².